The molecule has 2 aromatic heterocycles. The minimum Gasteiger partial charge on any atom is -0.468 e. The Morgan fingerprint density at radius 1 is 1.15 bits per heavy atom. The van der Waals surface area contributed by atoms with Crippen molar-refractivity contribution < 1.29 is 14.0 Å². The molecule has 1 aliphatic rings. The summed E-state index contributed by atoms with van der Waals surface area (Å²) in [6.07, 6.45) is 7.10. The number of urea groups is 1. The van der Waals surface area contributed by atoms with Gasteiger partial charge in [-0.15, -0.1) is 11.3 Å². The van der Waals surface area contributed by atoms with E-state index in [0.29, 0.717) is 13.1 Å². The Morgan fingerprint density at radius 2 is 2.00 bits per heavy atom. The number of rotatable bonds is 7. The second-order valence-corrected chi connectivity index (χ2v) is 7.69. The quantitative estimate of drug-likeness (QED) is 0.777. The van der Waals surface area contributed by atoms with Gasteiger partial charge in [0.05, 0.1) is 19.4 Å². The molecule has 26 heavy (non-hydrogen) atoms. The van der Waals surface area contributed by atoms with Gasteiger partial charge in [-0.25, -0.2) is 4.79 Å². The molecule has 0 atom stereocenters. The molecule has 7 heteroatoms. The van der Waals surface area contributed by atoms with E-state index in [0.717, 1.165) is 36.3 Å². The van der Waals surface area contributed by atoms with E-state index in [9.17, 15) is 9.59 Å². The summed E-state index contributed by atoms with van der Waals surface area (Å²) < 4.78 is 5.40. The van der Waals surface area contributed by atoms with Gasteiger partial charge in [0, 0.05) is 17.5 Å². The van der Waals surface area contributed by atoms with E-state index in [1.54, 1.807) is 17.6 Å². The fraction of sp³-hybridized carbons (Fsp3) is 0.474. The van der Waals surface area contributed by atoms with Gasteiger partial charge in [0.25, 0.3) is 0 Å². The van der Waals surface area contributed by atoms with Crippen LogP contribution in [0.5, 0.6) is 0 Å². The molecular weight excluding hydrogens is 350 g/mol. The maximum atomic E-state index is 12.3. The minimum atomic E-state index is -0.393. The summed E-state index contributed by atoms with van der Waals surface area (Å²) >= 11 is 1.64. The van der Waals surface area contributed by atoms with Crippen LogP contribution in [0.4, 0.5) is 4.79 Å². The average Bonchev–Trinajstić information content (AvgIpc) is 3.29. The highest BCUT2D eigenvalue weighted by Crippen LogP contribution is 2.17. The molecule has 3 rings (SSSR count). The third-order valence-electron chi connectivity index (χ3n) is 4.48. The number of imide groups is 1. The Morgan fingerprint density at radius 3 is 2.69 bits per heavy atom. The number of nitrogens with one attached hydrogen (secondary N) is 2. The molecule has 0 bridgehead atoms. The molecule has 2 aromatic rings. The van der Waals surface area contributed by atoms with Crippen molar-refractivity contribution in [3.05, 3.63) is 46.5 Å². The van der Waals surface area contributed by atoms with Gasteiger partial charge in [-0.05, 0) is 36.4 Å². The smallest absolute Gasteiger partial charge is 0.321 e. The van der Waals surface area contributed by atoms with Crippen molar-refractivity contribution in [3.63, 3.8) is 0 Å². The number of furan rings is 1. The van der Waals surface area contributed by atoms with Gasteiger partial charge in [0.1, 0.15) is 5.76 Å². The molecule has 6 nitrogen and oxygen atoms in total. The maximum Gasteiger partial charge on any atom is 0.321 e. The van der Waals surface area contributed by atoms with Crippen molar-refractivity contribution in [3.8, 4) is 0 Å². The number of nitrogens with zero attached hydrogens (tertiary/aromatic N) is 1. The fourth-order valence-corrected chi connectivity index (χ4v) is 4.00. The van der Waals surface area contributed by atoms with E-state index in [1.165, 1.54) is 6.42 Å². The van der Waals surface area contributed by atoms with Crippen LogP contribution >= 0.6 is 11.3 Å². The number of hydrogen-bond acceptors (Lipinski definition) is 5. The fourth-order valence-electron chi connectivity index (χ4n) is 3.25. The second kappa shape index (κ2) is 9.54. The highest BCUT2D eigenvalue weighted by Gasteiger charge is 2.19. The summed E-state index contributed by atoms with van der Waals surface area (Å²) in [5.74, 6) is 0.488. The third-order valence-corrected chi connectivity index (χ3v) is 5.34. The molecule has 0 aromatic carbocycles. The van der Waals surface area contributed by atoms with Crippen LogP contribution in [0.1, 0.15) is 42.7 Å². The lowest BCUT2D eigenvalue weighted by Crippen LogP contribution is -2.47. The van der Waals surface area contributed by atoms with E-state index in [4.69, 9.17) is 4.42 Å². The van der Waals surface area contributed by atoms with Crippen molar-refractivity contribution in [2.75, 3.05) is 6.54 Å². The zero-order valence-electron chi connectivity index (χ0n) is 14.8. The first-order chi connectivity index (χ1) is 12.7. The first-order valence-electron chi connectivity index (χ1n) is 9.06. The summed E-state index contributed by atoms with van der Waals surface area (Å²) in [6.45, 7) is 1.29. The molecule has 2 N–H and O–H groups in total. The Kier molecular flexibility index (Phi) is 6.85. The SMILES string of the molecule is O=C(CN(Cc1ccco1)Cc1cccs1)NC(=O)NC1CCCCC1. The van der Waals surface area contributed by atoms with Crippen LogP contribution in [-0.2, 0) is 17.9 Å². The van der Waals surface area contributed by atoms with Gasteiger partial charge >= 0.3 is 6.03 Å². The van der Waals surface area contributed by atoms with Crippen molar-refractivity contribution in [2.24, 2.45) is 0 Å². The van der Waals surface area contributed by atoms with Gasteiger partial charge in [-0.3, -0.25) is 15.0 Å². The van der Waals surface area contributed by atoms with Crippen molar-refractivity contribution >= 4 is 23.3 Å². The summed E-state index contributed by atoms with van der Waals surface area (Å²) in [7, 11) is 0. The molecule has 140 valence electrons. The highest BCUT2D eigenvalue weighted by molar-refractivity contribution is 7.09. The first kappa shape index (κ1) is 18.7. The van der Waals surface area contributed by atoms with Gasteiger partial charge in [0.15, 0.2) is 0 Å². The molecule has 1 aliphatic carbocycles. The predicted molar refractivity (Wildman–Crippen MR) is 101 cm³/mol. The largest absolute Gasteiger partial charge is 0.468 e. The highest BCUT2D eigenvalue weighted by atomic mass is 32.1. The Bertz CT molecular complexity index is 643. The lowest BCUT2D eigenvalue weighted by molar-refractivity contribution is -0.121. The normalized spacial score (nSPS) is 15.1. The summed E-state index contributed by atoms with van der Waals surface area (Å²) in [6, 6.07) is 7.53. The van der Waals surface area contributed by atoms with E-state index >= 15 is 0 Å². The molecule has 0 spiro atoms. The number of hydrogen-bond donors (Lipinski definition) is 2. The molecule has 0 unspecified atom stereocenters. The Hall–Kier alpha value is -2.12. The molecule has 2 heterocycles. The van der Waals surface area contributed by atoms with Crippen LogP contribution < -0.4 is 10.6 Å². The molecule has 1 saturated carbocycles. The predicted octanol–water partition coefficient (Wildman–Crippen LogP) is 3.50. The Balaban J connectivity index is 1.51. The molecule has 0 aliphatic heterocycles. The maximum absolute atomic E-state index is 12.3. The average molecular weight is 375 g/mol. The van der Waals surface area contributed by atoms with Gasteiger partial charge in [0.2, 0.25) is 5.91 Å². The summed E-state index contributed by atoms with van der Waals surface area (Å²) in [5.41, 5.74) is 0. The van der Waals surface area contributed by atoms with Crippen molar-refractivity contribution in [1.29, 1.82) is 0 Å². The number of carbonyl (C=O) groups is 2. The standard InChI is InChI=1S/C19H25N3O3S/c23-18(21-19(24)20-15-6-2-1-3-7-15)14-22(12-16-8-4-10-25-16)13-17-9-5-11-26-17/h4-5,8-11,15H,1-3,6-7,12-14H2,(H2,20,21,23,24). The summed E-state index contributed by atoms with van der Waals surface area (Å²) in [5, 5.41) is 7.38. The zero-order valence-corrected chi connectivity index (χ0v) is 15.6. The lowest BCUT2D eigenvalue weighted by Gasteiger charge is -2.23. The van der Waals surface area contributed by atoms with Crippen molar-refractivity contribution in [1.82, 2.24) is 15.5 Å². The van der Waals surface area contributed by atoms with Crippen molar-refractivity contribution in [2.45, 2.75) is 51.2 Å². The Labute approximate surface area is 157 Å². The van der Waals surface area contributed by atoms with E-state index in [1.807, 2.05) is 34.5 Å². The zero-order chi connectivity index (χ0) is 18.2. The van der Waals surface area contributed by atoms with Gasteiger partial charge < -0.3 is 9.73 Å². The summed E-state index contributed by atoms with van der Waals surface area (Å²) in [4.78, 5) is 27.5. The second-order valence-electron chi connectivity index (χ2n) is 6.66. The monoisotopic (exact) mass is 375 g/mol. The van der Waals surface area contributed by atoms with E-state index in [-0.39, 0.29) is 18.5 Å². The van der Waals surface area contributed by atoms with Crippen LogP contribution in [0.15, 0.2) is 40.3 Å². The molecular formula is C19H25N3O3S. The molecule has 0 radical (unpaired) electrons. The van der Waals surface area contributed by atoms with Crippen LogP contribution in [0.3, 0.4) is 0 Å². The van der Waals surface area contributed by atoms with E-state index in [2.05, 4.69) is 10.6 Å². The topological polar surface area (TPSA) is 74.6 Å². The molecule has 1 fully saturated rings. The molecule has 3 amide bonds. The number of amides is 3. The van der Waals surface area contributed by atoms with Crippen LogP contribution in [0.2, 0.25) is 0 Å². The van der Waals surface area contributed by atoms with Crippen LogP contribution in [-0.4, -0.2) is 29.4 Å². The van der Waals surface area contributed by atoms with Crippen LogP contribution in [0, 0.1) is 0 Å². The number of carbonyl (C=O) groups excluding carboxylic acids is 2. The van der Waals surface area contributed by atoms with Gasteiger partial charge in [-0.2, -0.15) is 0 Å². The number of thiophene rings is 1. The lowest BCUT2D eigenvalue weighted by atomic mass is 9.96. The minimum absolute atomic E-state index is 0.136. The van der Waals surface area contributed by atoms with Crippen LogP contribution in [0.25, 0.3) is 0 Å². The van der Waals surface area contributed by atoms with Gasteiger partial charge in [-0.1, -0.05) is 25.3 Å². The van der Waals surface area contributed by atoms with E-state index < -0.39 is 6.03 Å². The first-order valence-corrected chi connectivity index (χ1v) is 9.94. The molecule has 0 saturated heterocycles. The third kappa shape index (κ3) is 6.00.